The number of hydrogen-bond donors (Lipinski definition) is 1. The third-order valence-electron chi connectivity index (χ3n) is 6.07. The molecule has 4 aromatic rings. The fraction of sp³-hybridized carbons (Fsp3) is 0.231. The fourth-order valence-corrected chi connectivity index (χ4v) is 4.14. The van der Waals surface area contributed by atoms with E-state index in [1.165, 1.54) is 0 Å². The van der Waals surface area contributed by atoms with Gasteiger partial charge in [0.2, 0.25) is 0 Å². The summed E-state index contributed by atoms with van der Waals surface area (Å²) in [6.07, 6.45) is 2.01. The number of hydrogen-bond acceptors (Lipinski definition) is 3. The maximum atomic E-state index is 13.5. The Balaban J connectivity index is 1.48. The first-order valence-electron chi connectivity index (χ1n) is 10.6. The minimum atomic E-state index is -0.119. The topological polar surface area (TPSA) is 62.6 Å². The van der Waals surface area contributed by atoms with Crippen molar-refractivity contribution in [3.05, 3.63) is 83.1 Å². The molecule has 1 N–H and O–H groups in total. The van der Waals surface area contributed by atoms with Crippen LogP contribution in [0.4, 0.5) is 0 Å². The van der Waals surface area contributed by atoms with Crippen molar-refractivity contribution in [3.63, 3.8) is 0 Å². The van der Waals surface area contributed by atoms with E-state index in [4.69, 9.17) is 4.42 Å². The molecule has 1 heterocycles. The Labute approximate surface area is 180 Å². The number of fused-ring (bicyclic) bond motifs is 3. The van der Waals surface area contributed by atoms with Gasteiger partial charge in [-0.3, -0.25) is 9.59 Å². The van der Waals surface area contributed by atoms with Crippen LogP contribution in [-0.2, 0) is 6.54 Å². The molecule has 0 radical (unpaired) electrons. The summed E-state index contributed by atoms with van der Waals surface area (Å²) in [6.45, 7) is 2.45. The van der Waals surface area contributed by atoms with Gasteiger partial charge in [-0.1, -0.05) is 48.5 Å². The molecular weight excluding hydrogens is 388 g/mol. The Morgan fingerprint density at radius 3 is 2.45 bits per heavy atom. The maximum Gasteiger partial charge on any atom is 0.290 e. The van der Waals surface area contributed by atoms with E-state index in [2.05, 4.69) is 11.4 Å². The average Bonchev–Trinajstić information content (AvgIpc) is 3.59. The first kappa shape index (κ1) is 19.4. The van der Waals surface area contributed by atoms with Crippen LogP contribution in [0.3, 0.4) is 0 Å². The lowest BCUT2D eigenvalue weighted by atomic mass is 10.1. The zero-order valence-corrected chi connectivity index (χ0v) is 17.6. The molecule has 1 fully saturated rings. The molecule has 5 nitrogen and oxygen atoms in total. The number of nitrogens with one attached hydrogen (secondary N) is 1. The Hall–Kier alpha value is -3.60. The van der Waals surface area contributed by atoms with E-state index in [1.54, 1.807) is 19.2 Å². The lowest BCUT2D eigenvalue weighted by molar-refractivity contribution is 0.0698. The summed E-state index contributed by atoms with van der Waals surface area (Å²) >= 11 is 0. The molecule has 1 saturated carbocycles. The number of amides is 2. The maximum absolute atomic E-state index is 13.5. The third kappa shape index (κ3) is 3.46. The molecule has 1 aliphatic carbocycles. The molecule has 5 rings (SSSR count). The van der Waals surface area contributed by atoms with E-state index in [0.29, 0.717) is 17.9 Å². The van der Waals surface area contributed by atoms with E-state index in [-0.39, 0.29) is 17.9 Å². The second-order valence-electron chi connectivity index (χ2n) is 8.16. The Kier molecular flexibility index (Phi) is 4.74. The van der Waals surface area contributed by atoms with E-state index in [1.807, 2.05) is 54.3 Å². The second-order valence-corrected chi connectivity index (χ2v) is 8.16. The van der Waals surface area contributed by atoms with Gasteiger partial charge in [-0.15, -0.1) is 0 Å². The molecular formula is C26H24N2O3. The monoisotopic (exact) mass is 412 g/mol. The SMILES string of the molecule is CNC(=O)c1ccc(CN(C(=O)c2oc3c(ccc4ccccc43)c2C)C2CC2)cc1. The van der Waals surface area contributed by atoms with Crippen LogP contribution >= 0.6 is 0 Å². The number of rotatable bonds is 5. The number of nitrogens with zero attached hydrogens (tertiary/aromatic N) is 1. The zero-order chi connectivity index (χ0) is 21.5. The van der Waals surface area contributed by atoms with Crippen LogP contribution in [0, 0.1) is 6.92 Å². The van der Waals surface area contributed by atoms with Crippen molar-refractivity contribution in [1.29, 1.82) is 0 Å². The molecule has 0 bridgehead atoms. The van der Waals surface area contributed by atoms with Crippen LogP contribution in [-0.4, -0.2) is 29.8 Å². The van der Waals surface area contributed by atoms with Crippen LogP contribution < -0.4 is 5.32 Å². The van der Waals surface area contributed by atoms with Crippen LogP contribution in [0.25, 0.3) is 21.7 Å². The van der Waals surface area contributed by atoms with Crippen LogP contribution in [0.2, 0.25) is 0 Å². The summed E-state index contributed by atoms with van der Waals surface area (Å²) in [5, 5.41) is 5.72. The third-order valence-corrected chi connectivity index (χ3v) is 6.07. The summed E-state index contributed by atoms with van der Waals surface area (Å²) in [4.78, 5) is 27.2. The van der Waals surface area contributed by atoms with Crippen molar-refractivity contribution in [3.8, 4) is 0 Å². The van der Waals surface area contributed by atoms with Gasteiger partial charge in [0.05, 0.1) is 0 Å². The molecule has 0 spiro atoms. The summed E-state index contributed by atoms with van der Waals surface area (Å²) in [7, 11) is 1.61. The zero-order valence-electron chi connectivity index (χ0n) is 17.6. The molecule has 0 atom stereocenters. The smallest absolute Gasteiger partial charge is 0.290 e. The minimum absolute atomic E-state index is 0.0735. The van der Waals surface area contributed by atoms with Gasteiger partial charge in [0.15, 0.2) is 5.76 Å². The van der Waals surface area contributed by atoms with Crippen LogP contribution in [0.15, 0.2) is 65.1 Å². The van der Waals surface area contributed by atoms with Crippen LogP contribution in [0.5, 0.6) is 0 Å². The van der Waals surface area contributed by atoms with Gasteiger partial charge in [-0.2, -0.15) is 0 Å². The molecule has 1 aromatic heterocycles. The summed E-state index contributed by atoms with van der Waals surface area (Å²) < 4.78 is 6.19. The van der Waals surface area contributed by atoms with E-state index in [9.17, 15) is 9.59 Å². The molecule has 0 aliphatic heterocycles. The van der Waals surface area contributed by atoms with Gasteiger partial charge in [0, 0.05) is 41.5 Å². The molecule has 3 aromatic carbocycles. The summed E-state index contributed by atoms with van der Waals surface area (Å²) in [5.41, 5.74) is 3.25. The highest BCUT2D eigenvalue weighted by Crippen LogP contribution is 2.35. The van der Waals surface area contributed by atoms with Crippen molar-refractivity contribution < 1.29 is 14.0 Å². The highest BCUT2D eigenvalue weighted by atomic mass is 16.3. The lowest BCUT2D eigenvalue weighted by Crippen LogP contribution is -2.32. The predicted molar refractivity (Wildman–Crippen MR) is 121 cm³/mol. The number of furan rings is 1. The molecule has 5 heteroatoms. The van der Waals surface area contributed by atoms with E-state index < -0.39 is 0 Å². The number of benzene rings is 3. The van der Waals surface area contributed by atoms with Gasteiger partial charge in [0.25, 0.3) is 11.8 Å². The largest absolute Gasteiger partial charge is 0.450 e. The first-order chi connectivity index (χ1) is 15.1. The van der Waals surface area contributed by atoms with Crippen molar-refractivity contribution in [2.45, 2.75) is 32.4 Å². The lowest BCUT2D eigenvalue weighted by Gasteiger charge is -2.22. The second kappa shape index (κ2) is 7.58. The van der Waals surface area contributed by atoms with E-state index in [0.717, 1.165) is 45.7 Å². The predicted octanol–water partition coefficient (Wildman–Crippen LogP) is 5.06. The highest BCUT2D eigenvalue weighted by molar-refractivity contribution is 6.09. The normalized spacial score (nSPS) is 13.5. The fourth-order valence-electron chi connectivity index (χ4n) is 4.14. The van der Waals surface area contributed by atoms with Gasteiger partial charge in [0.1, 0.15) is 5.58 Å². The highest BCUT2D eigenvalue weighted by Gasteiger charge is 2.35. The average molecular weight is 412 g/mol. The number of aryl methyl sites for hydroxylation is 1. The molecule has 156 valence electrons. The van der Waals surface area contributed by atoms with Crippen molar-refractivity contribution >= 4 is 33.6 Å². The molecule has 0 saturated heterocycles. The summed E-state index contributed by atoms with van der Waals surface area (Å²) in [6, 6.07) is 19.8. The van der Waals surface area contributed by atoms with Gasteiger partial charge >= 0.3 is 0 Å². The number of carbonyl (C=O) groups is 2. The van der Waals surface area contributed by atoms with Gasteiger partial charge in [-0.05, 0) is 42.8 Å². The Morgan fingerprint density at radius 2 is 1.74 bits per heavy atom. The van der Waals surface area contributed by atoms with Gasteiger partial charge in [-0.25, -0.2) is 0 Å². The molecule has 2 amide bonds. The van der Waals surface area contributed by atoms with Crippen molar-refractivity contribution in [1.82, 2.24) is 10.2 Å². The van der Waals surface area contributed by atoms with E-state index >= 15 is 0 Å². The van der Waals surface area contributed by atoms with Gasteiger partial charge < -0.3 is 14.6 Å². The number of carbonyl (C=O) groups excluding carboxylic acids is 2. The quantitative estimate of drug-likeness (QED) is 0.498. The Morgan fingerprint density at radius 1 is 1.00 bits per heavy atom. The minimum Gasteiger partial charge on any atom is -0.450 e. The van der Waals surface area contributed by atoms with Crippen molar-refractivity contribution in [2.75, 3.05) is 7.05 Å². The summed E-state index contributed by atoms with van der Waals surface area (Å²) in [5.74, 6) is 0.225. The Bertz CT molecular complexity index is 1300. The molecule has 0 unspecified atom stereocenters. The first-order valence-corrected chi connectivity index (χ1v) is 10.6. The standard InChI is InChI=1S/C26H24N2O3/c1-16-21-14-11-18-5-3-4-6-22(18)24(21)31-23(16)26(30)28(20-12-13-20)15-17-7-9-19(10-8-17)25(29)27-2/h3-11,14,20H,12-13,15H2,1-2H3,(H,27,29). The molecule has 1 aliphatic rings. The van der Waals surface area contributed by atoms with Crippen LogP contribution in [0.1, 0.15) is 44.9 Å². The van der Waals surface area contributed by atoms with Crippen molar-refractivity contribution in [2.24, 2.45) is 0 Å². The molecule has 31 heavy (non-hydrogen) atoms.